The highest BCUT2D eigenvalue weighted by atomic mass is 16.5. The second-order valence-electron chi connectivity index (χ2n) is 3.81. The van der Waals surface area contributed by atoms with Gasteiger partial charge in [-0.25, -0.2) is 4.79 Å². The van der Waals surface area contributed by atoms with E-state index in [1.165, 1.54) is 0 Å². The van der Waals surface area contributed by atoms with Crippen molar-refractivity contribution in [1.29, 1.82) is 0 Å². The number of ether oxygens (including phenoxy) is 1. The van der Waals surface area contributed by atoms with Crippen LogP contribution < -0.4 is 0 Å². The Hall–Kier alpha value is -2.49. The molecule has 0 bridgehead atoms. The van der Waals surface area contributed by atoms with E-state index < -0.39 is 0 Å². The molecule has 1 aromatic heterocycles. The molecule has 19 heavy (non-hydrogen) atoms. The zero-order chi connectivity index (χ0) is 13.5. The van der Waals surface area contributed by atoms with Gasteiger partial charge in [-0.05, 0) is 37.3 Å². The zero-order valence-electron chi connectivity index (χ0n) is 10.6. The van der Waals surface area contributed by atoms with Crippen LogP contribution in [0.15, 0.2) is 53.8 Å². The van der Waals surface area contributed by atoms with Gasteiger partial charge in [0.05, 0.1) is 17.9 Å². The summed E-state index contributed by atoms with van der Waals surface area (Å²) >= 11 is 0. The van der Waals surface area contributed by atoms with Gasteiger partial charge in [0.25, 0.3) is 0 Å². The molecule has 0 saturated heterocycles. The second kappa shape index (κ2) is 6.44. The van der Waals surface area contributed by atoms with Crippen LogP contribution in [0.5, 0.6) is 0 Å². The summed E-state index contributed by atoms with van der Waals surface area (Å²) in [6.45, 7) is 2.16. The maximum absolute atomic E-state index is 11.5. The molecule has 4 heteroatoms. The fourth-order valence-electron chi connectivity index (χ4n) is 1.50. The molecule has 0 spiro atoms. The molecule has 0 aliphatic rings. The molecule has 96 valence electrons. The number of carbonyl (C=O) groups excluding carboxylic acids is 1. The van der Waals surface area contributed by atoms with E-state index in [1.807, 2.05) is 12.1 Å². The van der Waals surface area contributed by atoms with Crippen LogP contribution in [0.3, 0.4) is 0 Å². The predicted molar refractivity (Wildman–Crippen MR) is 73.9 cm³/mol. The number of nitrogens with zero attached hydrogens (tertiary/aromatic N) is 2. The number of carbonyl (C=O) groups is 1. The van der Waals surface area contributed by atoms with Gasteiger partial charge in [-0.1, -0.05) is 6.07 Å². The Bertz CT molecular complexity index is 562. The van der Waals surface area contributed by atoms with Gasteiger partial charge in [0.2, 0.25) is 0 Å². The summed E-state index contributed by atoms with van der Waals surface area (Å²) in [5, 5.41) is 0. The molecule has 0 saturated carbocycles. The molecule has 0 atom stereocenters. The summed E-state index contributed by atoms with van der Waals surface area (Å²) in [6.07, 6.45) is 5.17. The number of hydrogen-bond donors (Lipinski definition) is 0. The quantitative estimate of drug-likeness (QED) is 0.622. The summed E-state index contributed by atoms with van der Waals surface area (Å²) in [6, 6.07) is 10.7. The first-order chi connectivity index (χ1) is 9.29. The first-order valence-electron chi connectivity index (χ1n) is 6.01. The fourth-order valence-corrected chi connectivity index (χ4v) is 1.50. The Morgan fingerprint density at radius 1 is 1.32 bits per heavy atom. The predicted octanol–water partition coefficient (Wildman–Crippen LogP) is 3.01. The molecule has 0 aliphatic carbocycles. The number of aromatic nitrogens is 1. The van der Waals surface area contributed by atoms with Gasteiger partial charge < -0.3 is 4.74 Å². The largest absolute Gasteiger partial charge is 0.462 e. The number of esters is 1. The average molecular weight is 254 g/mol. The maximum atomic E-state index is 11.5. The highest BCUT2D eigenvalue weighted by molar-refractivity contribution is 5.90. The van der Waals surface area contributed by atoms with E-state index in [0.717, 1.165) is 11.3 Å². The first-order valence-corrected chi connectivity index (χ1v) is 6.01. The number of pyridine rings is 1. The van der Waals surface area contributed by atoms with Crippen molar-refractivity contribution in [2.75, 3.05) is 6.61 Å². The van der Waals surface area contributed by atoms with Crippen LogP contribution in [0.2, 0.25) is 0 Å². The number of benzene rings is 1. The van der Waals surface area contributed by atoms with E-state index >= 15 is 0 Å². The van der Waals surface area contributed by atoms with Gasteiger partial charge >= 0.3 is 5.97 Å². The highest BCUT2D eigenvalue weighted by Crippen LogP contribution is 2.13. The fraction of sp³-hybridized carbons (Fsp3) is 0.133. The Kier molecular flexibility index (Phi) is 4.39. The molecule has 2 rings (SSSR count). The Morgan fingerprint density at radius 2 is 2.11 bits per heavy atom. The van der Waals surface area contributed by atoms with Crippen molar-refractivity contribution < 1.29 is 9.53 Å². The van der Waals surface area contributed by atoms with Crippen LogP contribution in [0.25, 0.3) is 0 Å². The number of aliphatic imine (C=N–C) groups is 1. The van der Waals surface area contributed by atoms with E-state index in [0.29, 0.717) is 12.2 Å². The minimum absolute atomic E-state index is 0.315. The van der Waals surface area contributed by atoms with Crippen molar-refractivity contribution in [2.24, 2.45) is 4.99 Å². The lowest BCUT2D eigenvalue weighted by molar-refractivity contribution is 0.0526. The number of rotatable bonds is 4. The minimum Gasteiger partial charge on any atom is -0.462 e. The Morgan fingerprint density at radius 3 is 2.74 bits per heavy atom. The normalized spacial score (nSPS) is 10.6. The highest BCUT2D eigenvalue weighted by Gasteiger charge is 2.04. The Balaban J connectivity index is 2.07. The van der Waals surface area contributed by atoms with Crippen molar-refractivity contribution in [3.8, 4) is 0 Å². The molecular weight excluding hydrogens is 240 g/mol. The van der Waals surface area contributed by atoms with Crippen LogP contribution in [-0.4, -0.2) is 23.8 Å². The van der Waals surface area contributed by atoms with Gasteiger partial charge in [0, 0.05) is 24.2 Å². The van der Waals surface area contributed by atoms with Gasteiger partial charge in [0.1, 0.15) is 0 Å². The summed E-state index contributed by atoms with van der Waals surface area (Å²) in [7, 11) is 0. The molecule has 0 unspecified atom stereocenters. The third-order valence-corrected chi connectivity index (χ3v) is 2.43. The van der Waals surface area contributed by atoms with Crippen molar-refractivity contribution in [3.63, 3.8) is 0 Å². The van der Waals surface area contributed by atoms with Crippen molar-refractivity contribution in [2.45, 2.75) is 6.92 Å². The molecule has 0 aliphatic heterocycles. The van der Waals surface area contributed by atoms with Crippen molar-refractivity contribution >= 4 is 17.9 Å². The Labute approximate surface area is 111 Å². The average Bonchev–Trinajstić information content (AvgIpc) is 2.47. The topological polar surface area (TPSA) is 51.5 Å². The van der Waals surface area contributed by atoms with E-state index in [1.54, 1.807) is 49.8 Å². The van der Waals surface area contributed by atoms with Gasteiger partial charge in [-0.3, -0.25) is 9.98 Å². The first kappa shape index (κ1) is 13.0. The lowest BCUT2D eigenvalue weighted by Crippen LogP contribution is -2.03. The standard InChI is InChI=1S/C15H14N2O2/c1-2-19-15(18)13-5-7-14(8-6-13)17-11-12-4-3-9-16-10-12/h3-11H,2H2,1H3/b17-11+. The summed E-state index contributed by atoms with van der Waals surface area (Å²) < 4.78 is 4.91. The molecular formula is C15H14N2O2. The van der Waals surface area contributed by atoms with Gasteiger partial charge in [0.15, 0.2) is 0 Å². The van der Waals surface area contributed by atoms with Crippen LogP contribution in [0.4, 0.5) is 5.69 Å². The van der Waals surface area contributed by atoms with Crippen LogP contribution in [0, 0.1) is 0 Å². The van der Waals surface area contributed by atoms with E-state index in [2.05, 4.69) is 9.98 Å². The molecule has 0 N–H and O–H groups in total. The lowest BCUT2D eigenvalue weighted by atomic mass is 10.2. The summed E-state index contributed by atoms with van der Waals surface area (Å²) in [4.78, 5) is 19.8. The molecule has 4 nitrogen and oxygen atoms in total. The van der Waals surface area contributed by atoms with E-state index in [4.69, 9.17) is 4.74 Å². The second-order valence-corrected chi connectivity index (χ2v) is 3.81. The molecule has 0 radical (unpaired) electrons. The van der Waals surface area contributed by atoms with Crippen molar-refractivity contribution in [1.82, 2.24) is 4.98 Å². The molecule has 0 fully saturated rings. The smallest absolute Gasteiger partial charge is 0.338 e. The van der Waals surface area contributed by atoms with Crippen LogP contribution >= 0.6 is 0 Å². The van der Waals surface area contributed by atoms with Crippen LogP contribution in [-0.2, 0) is 4.74 Å². The SMILES string of the molecule is CCOC(=O)c1ccc(/N=C/c2cccnc2)cc1. The van der Waals surface area contributed by atoms with E-state index in [9.17, 15) is 4.79 Å². The number of hydrogen-bond acceptors (Lipinski definition) is 4. The zero-order valence-corrected chi connectivity index (χ0v) is 10.6. The van der Waals surface area contributed by atoms with Crippen LogP contribution in [0.1, 0.15) is 22.8 Å². The maximum Gasteiger partial charge on any atom is 0.338 e. The minimum atomic E-state index is -0.315. The molecule has 1 heterocycles. The van der Waals surface area contributed by atoms with Gasteiger partial charge in [-0.2, -0.15) is 0 Å². The van der Waals surface area contributed by atoms with E-state index in [-0.39, 0.29) is 5.97 Å². The monoisotopic (exact) mass is 254 g/mol. The van der Waals surface area contributed by atoms with Gasteiger partial charge in [-0.15, -0.1) is 0 Å². The molecule has 0 amide bonds. The third-order valence-electron chi connectivity index (χ3n) is 2.43. The third kappa shape index (κ3) is 3.74. The molecule has 2 aromatic rings. The summed E-state index contributed by atoms with van der Waals surface area (Å²) in [5.41, 5.74) is 2.23. The molecule has 1 aromatic carbocycles. The summed E-state index contributed by atoms with van der Waals surface area (Å²) in [5.74, 6) is -0.315. The lowest BCUT2D eigenvalue weighted by Gasteiger charge is -2.01. The van der Waals surface area contributed by atoms with Crippen molar-refractivity contribution in [3.05, 3.63) is 59.9 Å².